The van der Waals surface area contributed by atoms with Crippen molar-refractivity contribution in [2.24, 2.45) is 0 Å². The van der Waals surface area contributed by atoms with Crippen LogP contribution in [-0.4, -0.2) is 38.4 Å². The Bertz CT molecular complexity index is 726. The topological polar surface area (TPSA) is 88.9 Å². The van der Waals surface area contributed by atoms with Gasteiger partial charge in [0.1, 0.15) is 6.33 Å². The SMILES string of the molecule is CC(=O)Nc1cccc(-n2cnnc2SCC(=O)NC2CC2)c1. The Morgan fingerprint density at radius 2 is 2.22 bits per heavy atom. The highest BCUT2D eigenvalue weighted by atomic mass is 32.2. The van der Waals surface area contributed by atoms with Gasteiger partial charge in [-0.25, -0.2) is 0 Å². The van der Waals surface area contributed by atoms with Crippen LogP contribution >= 0.6 is 11.8 Å². The Kier molecular flexibility index (Phi) is 4.61. The molecule has 1 heterocycles. The van der Waals surface area contributed by atoms with E-state index in [1.54, 1.807) is 10.9 Å². The molecule has 0 radical (unpaired) electrons. The number of anilines is 1. The van der Waals surface area contributed by atoms with E-state index in [0.717, 1.165) is 18.5 Å². The van der Waals surface area contributed by atoms with Crippen LogP contribution in [0.25, 0.3) is 5.69 Å². The molecule has 1 aliphatic carbocycles. The Hall–Kier alpha value is -2.35. The van der Waals surface area contributed by atoms with Crippen LogP contribution in [0.3, 0.4) is 0 Å². The molecule has 1 saturated carbocycles. The molecule has 1 aromatic heterocycles. The summed E-state index contributed by atoms with van der Waals surface area (Å²) in [6.45, 7) is 1.46. The largest absolute Gasteiger partial charge is 0.353 e. The molecular weight excluding hydrogens is 314 g/mol. The minimum Gasteiger partial charge on any atom is -0.353 e. The number of nitrogens with one attached hydrogen (secondary N) is 2. The Labute approximate surface area is 137 Å². The van der Waals surface area contributed by atoms with Crippen molar-refractivity contribution in [1.29, 1.82) is 0 Å². The fourth-order valence-electron chi connectivity index (χ4n) is 2.06. The number of rotatable bonds is 6. The first-order chi connectivity index (χ1) is 11.1. The van der Waals surface area contributed by atoms with Gasteiger partial charge < -0.3 is 10.6 Å². The van der Waals surface area contributed by atoms with Gasteiger partial charge in [0, 0.05) is 18.7 Å². The molecule has 1 aliphatic rings. The molecule has 3 rings (SSSR count). The molecule has 2 amide bonds. The van der Waals surface area contributed by atoms with Crippen molar-refractivity contribution in [3.63, 3.8) is 0 Å². The second-order valence-electron chi connectivity index (χ2n) is 5.35. The summed E-state index contributed by atoms with van der Waals surface area (Å²) in [7, 11) is 0. The van der Waals surface area contributed by atoms with Crippen molar-refractivity contribution >= 4 is 29.3 Å². The highest BCUT2D eigenvalue weighted by Gasteiger charge is 2.23. The third-order valence-corrected chi connectivity index (χ3v) is 4.18. The number of carbonyl (C=O) groups excluding carboxylic acids is 2. The predicted molar refractivity (Wildman–Crippen MR) is 87.6 cm³/mol. The Morgan fingerprint density at radius 3 is 2.96 bits per heavy atom. The van der Waals surface area contributed by atoms with E-state index in [1.165, 1.54) is 18.7 Å². The normalized spacial score (nSPS) is 13.6. The summed E-state index contributed by atoms with van der Waals surface area (Å²) >= 11 is 1.34. The van der Waals surface area contributed by atoms with Gasteiger partial charge in [-0.2, -0.15) is 0 Å². The molecule has 2 aromatic rings. The van der Waals surface area contributed by atoms with Gasteiger partial charge in [-0.05, 0) is 31.0 Å². The molecule has 1 fully saturated rings. The number of benzene rings is 1. The van der Waals surface area contributed by atoms with Crippen molar-refractivity contribution in [2.75, 3.05) is 11.1 Å². The molecule has 8 heteroatoms. The van der Waals surface area contributed by atoms with Crippen molar-refractivity contribution in [3.05, 3.63) is 30.6 Å². The Morgan fingerprint density at radius 1 is 1.39 bits per heavy atom. The van der Waals surface area contributed by atoms with Crippen LogP contribution in [0.4, 0.5) is 5.69 Å². The second kappa shape index (κ2) is 6.82. The number of aromatic nitrogens is 3. The predicted octanol–water partition coefficient (Wildman–Crippen LogP) is 1.60. The molecule has 0 unspecified atom stereocenters. The first kappa shape index (κ1) is 15.5. The van der Waals surface area contributed by atoms with Gasteiger partial charge in [0.15, 0.2) is 5.16 Å². The zero-order chi connectivity index (χ0) is 16.2. The van der Waals surface area contributed by atoms with E-state index < -0.39 is 0 Å². The van der Waals surface area contributed by atoms with E-state index in [0.29, 0.717) is 22.6 Å². The molecule has 2 N–H and O–H groups in total. The van der Waals surface area contributed by atoms with Gasteiger partial charge in [-0.1, -0.05) is 17.8 Å². The maximum atomic E-state index is 11.8. The van der Waals surface area contributed by atoms with E-state index in [-0.39, 0.29) is 11.8 Å². The van der Waals surface area contributed by atoms with Crippen LogP contribution in [0.15, 0.2) is 35.7 Å². The van der Waals surface area contributed by atoms with E-state index >= 15 is 0 Å². The number of amides is 2. The minimum absolute atomic E-state index is 0.0130. The Balaban J connectivity index is 1.69. The lowest BCUT2D eigenvalue weighted by molar-refractivity contribution is -0.118. The number of hydrogen-bond acceptors (Lipinski definition) is 5. The van der Waals surface area contributed by atoms with Gasteiger partial charge in [0.05, 0.1) is 11.4 Å². The first-order valence-corrected chi connectivity index (χ1v) is 8.30. The monoisotopic (exact) mass is 331 g/mol. The molecule has 1 aromatic carbocycles. The quantitative estimate of drug-likeness (QED) is 0.785. The fraction of sp³-hybridized carbons (Fsp3) is 0.333. The fourth-order valence-corrected chi connectivity index (χ4v) is 2.80. The molecule has 23 heavy (non-hydrogen) atoms. The van der Waals surface area contributed by atoms with Gasteiger partial charge in [-0.15, -0.1) is 10.2 Å². The van der Waals surface area contributed by atoms with Crippen LogP contribution in [0.1, 0.15) is 19.8 Å². The van der Waals surface area contributed by atoms with Crippen LogP contribution in [-0.2, 0) is 9.59 Å². The van der Waals surface area contributed by atoms with Gasteiger partial charge in [0.2, 0.25) is 11.8 Å². The summed E-state index contributed by atoms with van der Waals surface area (Å²) < 4.78 is 1.79. The third kappa shape index (κ3) is 4.32. The lowest BCUT2D eigenvalue weighted by atomic mass is 10.2. The summed E-state index contributed by atoms with van der Waals surface area (Å²) in [6.07, 6.45) is 3.74. The van der Waals surface area contributed by atoms with Gasteiger partial charge >= 0.3 is 0 Å². The number of hydrogen-bond donors (Lipinski definition) is 2. The summed E-state index contributed by atoms with van der Waals surface area (Å²) in [6, 6.07) is 7.73. The average molecular weight is 331 g/mol. The second-order valence-corrected chi connectivity index (χ2v) is 6.29. The number of thioether (sulfide) groups is 1. The molecule has 0 atom stereocenters. The maximum absolute atomic E-state index is 11.8. The van der Waals surface area contributed by atoms with Crippen molar-refractivity contribution in [3.8, 4) is 5.69 Å². The zero-order valence-corrected chi connectivity index (χ0v) is 13.5. The van der Waals surface area contributed by atoms with Crippen LogP contribution in [0, 0.1) is 0 Å². The van der Waals surface area contributed by atoms with Crippen LogP contribution < -0.4 is 10.6 Å². The van der Waals surface area contributed by atoms with E-state index in [2.05, 4.69) is 20.8 Å². The standard InChI is InChI=1S/C15H17N5O2S/c1-10(21)17-12-3-2-4-13(7-12)20-9-16-19-15(20)23-8-14(22)18-11-5-6-11/h2-4,7,9,11H,5-6,8H2,1H3,(H,17,21)(H,18,22). The smallest absolute Gasteiger partial charge is 0.230 e. The van der Waals surface area contributed by atoms with Crippen molar-refractivity contribution < 1.29 is 9.59 Å². The molecule has 0 spiro atoms. The van der Waals surface area contributed by atoms with Crippen LogP contribution in [0.2, 0.25) is 0 Å². The average Bonchev–Trinajstić information content (AvgIpc) is 3.19. The van der Waals surface area contributed by atoms with Crippen molar-refractivity contribution in [2.45, 2.75) is 31.0 Å². The molecule has 0 saturated heterocycles. The van der Waals surface area contributed by atoms with Gasteiger partial charge in [-0.3, -0.25) is 14.2 Å². The lowest BCUT2D eigenvalue weighted by Gasteiger charge is -2.08. The molecule has 0 bridgehead atoms. The van der Waals surface area contributed by atoms with E-state index in [4.69, 9.17) is 0 Å². The highest BCUT2D eigenvalue weighted by Crippen LogP contribution is 2.23. The molecular formula is C15H17N5O2S. The summed E-state index contributed by atoms with van der Waals surface area (Å²) in [4.78, 5) is 22.9. The van der Waals surface area contributed by atoms with Gasteiger partial charge in [0.25, 0.3) is 0 Å². The lowest BCUT2D eigenvalue weighted by Crippen LogP contribution is -2.27. The summed E-state index contributed by atoms with van der Waals surface area (Å²) in [5.41, 5.74) is 1.53. The molecule has 0 aliphatic heterocycles. The van der Waals surface area contributed by atoms with Crippen LogP contribution in [0.5, 0.6) is 0 Å². The molecule has 7 nitrogen and oxygen atoms in total. The highest BCUT2D eigenvalue weighted by molar-refractivity contribution is 7.99. The third-order valence-electron chi connectivity index (χ3n) is 3.24. The van der Waals surface area contributed by atoms with E-state index in [9.17, 15) is 9.59 Å². The maximum Gasteiger partial charge on any atom is 0.230 e. The first-order valence-electron chi connectivity index (χ1n) is 7.32. The van der Waals surface area contributed by atoms with Crippen molar-refractivity contribution in [1.82, 2.24) is 20.1 Å². The molecule has 120 valence electrons. The summed E-state index contributed by atoms with van der Waals surface area (Å²) in [5, 5.41) is 14.3. The zero-order valence-electron chi connectivity index (χ0n) is 12.7. The number of carbonyl (C=O) groups is 2. The number of nitrogens with zero attached hydrogens (tertiary/aromatic N) is 3. The summed E-state index contributed by atoms with van der Waals surface area (Å²) in [5.74, 6) is 0.192. The van der Waals surface area contributed by atoms with E-state index in [1.807, 2.05) is 24.3 Å². The minimum atomic E-state index is -0.128.